The Bertz CT molecular complexity index is 799. The number of hydrogen-bond acceptors (Lipinski definition) is 2. The van der Waals surface area contributed by atoms with Gasteiger partial charge in [0, 0.05) is 22.1 Å². The predicted molar refractivity (Wildman–Crippen MR) is 91.0 cm³/mol. The average molecular weight is 359 g/mol. The number of urea groups is 1. The number of amides is 2. The van der Waals surface area contributed by atoms with Gasteiger partial charge in [0.05, 0.1) is 11.7 Å². The highest BCUT2D eigenvalue weighted by atomic mass is 79.9. The maximum absolute atomic E-state index is 11.9. The maximum atomic E-state index is 11.9. The summed E-state index contributed by atoms with van der Waals surface area (Å²) in [6, 6.07) is 13.4. The van der Waals surface area contributed by atoms with Crippen LogP contribution in [-0.2, 0) is 6.42 Å². The average Bonchev–Trinajstić information content (AvgIpc) is 2.97. The molecule has 0 aliphatic heterocycles. The largest absolute Gasteiger partial charge is 0.338 e. The fourth-order valence-electron chi connectivity index (χ4n) is 2.20. The van der Waals surface area contributed by atoms with Gasteiger partial charge < -0.3 is 10.6 Å². The highest BCUT2D eigenvalue weighted by molar-refractivity contribution is 9.10. The Kier molecular flexibility index (Phi) is 4.39. The van der Waals surface area contributed by atoms with Crippen LogP contribution in [0.1, 0.15) is 5.56 Å². The van der Waals surface area contributed by atoms with E-state index in [9.17, 15) is 4.79 Å². The van der Waals surface area contributed by atoms with Gasteiger partial charge in [0.25, 0.3) is 0 Å². The van der Waals surface area contributed by atoms with Gasteiger partial charge in [0.15, 0.2) is 0 Å². The number of nitrogens with zero attached hydrogens (tertiary/aromatic N) is 1. The van der Waals surface area contributed by atoms with Gasteiger partial charge in [0.1, 0.15) is 0 Å². The van der Waals surface area contributed by atoms with Gasteiger partial charge in [-0.25, -0.2) is 4.79 Å². The van der Waals surface area contributed by atoms with Crippen molar-refractivity contribution < 1.29 is 4.79 Å². The van der Waals surface area contributed by atoms with E-state index in [1.54, 1.807) is 6.20 Å². The molecule has 0 fully saturated rings. The first-order valence-electron chi connectivity index (χ1n) is 6.94. The van der Waals surface area contributed by atoms with Crippen molar-refractivity contribution in [2.75, 3.05) is 11.9 Å². The molecule has 0 spiro atoms. The lowest BCUT2D eigenvalue weighted by molar-refractivity contribution is 0.252. The lowest BCUT2D eigenvalue weighted by atomic mass is 10.1. The number of aromatic amines is 1. The molecule has 1 heterocycles. The molecule has 0 saturated heterocycles. The molecule has 2 aromatic carbocycles. The number of benzene rings is 2. The number of hydrogen-bond donors (Lipinski definition) is 3. The first-order valence-corrected chi connectivity index (χ1v) is 7.73. The fourth-order valence-corrected chi connectivity index (χ4v) is 2.68. The van der Waals surface area contributed by atoms with Crippen molar-refractivity contribution in [3.63, 3.8) is 0 Å². The van der Waals surface area contributed by atoms with Crippen LogP contribution in [0.3, 0.4) is 0 Å². The molecule has 0 aliphatic carbocycles. The quantitative estimate of drug-likeness (QED) is 0.665. The van der Waals surface area contributed by atoms with E-state index in [4.69, 9.17) is 0 Å². The number of nitrogens with one attached hydrogen (secondary N) is 3. The summed E-state index contributed by atoms with van der Waals surface area (Å²) in [7, 11) is 0. The Morgan fingerprint density at radius 3 is 2.95 bits per heavy atom. The topological polar surface area (TPSA) is 69.8 Å². The van der Waals surface area contributed by atoms with E-state index in [0.717, 1.165) is 27.5 Å². The Morgan fingerprint density at radius 1 is 1.23 bits per heavy atom. The molecule has 3 aromatic rings. The van der Waals surface area contributed by atoms with E-state index in [2.05, 4.69) is 36.8 Å². The second-order valence-corrected chi connectivity index (χ2v) is 5.75. The lowest BCUT2D eigenvalue weighted by Gasteiger charge is -2.08. The van der Waals surface area contributed by atoms with Crippen LogP contribution in [0.5, 0.6) is 0 Å². The first-order chi connectivity index (χ1) is 10.7. The van der Waals surface area contributed by atoms with E-state index < -0.39 is 0 Å². The van der Waals surface area contributed by atoms with Crippen molar-refractivity contribution in [1.82, 2.24) is 15.5 Å². The molecule has 0 saturated carbocycles. The molecule has 0 radical (unpaired) electrons. The monoisotopic (exact) mass is 358 g/mol. The Balaban J connectivity index is 1.53. The molecular weight excluding hydrogens is 344 g/mol. The molecule has 1 aromatic heterocycles. The van der Waals surface area contributed by atoms with Crippen LogP contribution in [0.2, 0.25) is 0 Å². The molecule has 0 bridgehead atoms. The van der Waals surface area contributed by atoms with Crippen LogP contribution in [0.15, 0.2) is 53.1 Å². The normalized spacial score (nSPS) is 10.6. The number of H-pyrrole nitrogens is 1. The highest BCUT2D eigenvalue weighted by Crippen LogP contribution is 2.17. The number of aromatic nitrogens is 2. The van der Waals surface area contributed by atoms with Gasteiger partial charge >= 0.3 is 6.03 Å². The standard InChI is InChI=1S/C16H15BrN4O/c17-14-4-2-1-3-11(14)7-8-18-16(22)20-13-6-5-12-10-19-21-15(12)9-13/h1-6,9-10H,7-8H2,(H,19,21)(H2,18,20,22). The molecule has 3 N–H and O–H groups in total. The van der Waals surface area contributed by atoms with Gasteiger partial charge in [-0.15, -0.1) is 0 Å². The second kappa shape index (κ2) is 6.62. The molecular formula is C16H15BrN4O. The Labute approximate surface area is 136 Å². The molecule has 22 heavy (non-hydrogen) atoms. The number of anilines is 1. The summed E-state index contributed by atoms with van der Waals surface area (Å²) in [6.45, 7) is 0.570. The summed E-state index contributed by atoms with van der Waals surface area (Å²) in [5.41, 5.74) is 2.79. The number of rotatable bonds is 4. The molecule has 2 amide bonds. The van der Waals surface area contributed by atoms with Gasteiger partial charge in [-0.05, 0) is 36.2 Å². The summed E-state index contributed by atoms with van der Waals surface area (Å²) in [5, 5.41) is 13.5. The third-order valence-corrected chi connectivity index (χ3v) is 4.11. The summed E-state index contributed by atoms with van der Waals surface area (Å²) < 4.78 is 1.06. The van der Waals surface area contributed by atoms with Crippen LogP contribution < -0.4 is 10.6 Å². The van der Waals surface area contributed by atoms with Crippen molar-refractivity contribution in [2.24, 2.45) is 0 Å². The summed E-state index contributed by atoms with van der Waals surface area (Å²) in [5.74, 6) is 0. The zero-order valence-electron chi connectivity index (χ0n) is 11.8. The van der Waals surface area contributed by atoms with Crippen LogP contribution in [0.25, 0.3) is 10.9 Å². The summed E-state index contributed by atoms with van der Waals surface area (Å²) in [4.78, 5) is 11.9. The maximum Gasteiger partial charge on any atom is 0.319 e. The molecule has 3 rings (SSSR count). The van der Waals surface area contributed by atoms with Gasteiger partial charge in [-0.2, -0.15) is 5.10 Å². The zero-order valence-corrected chi connectivity index (χ0v) is 13.4. The van der Waals surface area contributed by atoms with Crippen LogP contribution in [0.4, 0.5) is 10.5 Å². The van der Waals surface area contributed by atoms with Crippen molar-refractivity contribution in [3.8, 4) is 0 Å². The minimum atomic E-state index is -0.217. The number of halogens is 1. The third kappa shape index (κ3) is 3.46. The minimum Gasteiger partial charge on any atom is -0.338 e. The smallest absolute Gasteiger partial charge is 0.319 e. The van der Waals surface area contributed by atoms with E-state index in [1.807, 2.05) is 42.5 Å². The van der Waals surface area contributed by atoms with E-state index in [0.29, 0.717) is 6.54 Å². The van der Waals surface area contributed by atoms with E-state index >= 15 is 0 Å². The molecule has 112 valence electrons. The zero-order chi connectivity index (χ0) is 15.4. The van der Waals surface area contributed by atoms with Crippen LogP contribution in [0, 0.1) is 0 Å². The van der Waals surface area contributed by atoms with Crippen molar-refractivity contribution in [2.45, 2.75) is 6.42 Å². The van der Waals surface area contributed by atoms with E-state index in [1.165, 1.54) is 5.56 Å². The van der Waals surface area contributed by atoms with Crippen molar-refractivity contribution in [1.29, 1.82) is 0 Å². The molecule has 6 heteroatoms. The molecule has 0 aliphatic rings. The fraction of sp³-hybridized carbons (Fsp3) is 0.125. The van der Waals surface area contributed by atoms with Crippen molar-refractivity contribution >= 4 is 38.6 Å². The Hall–Kier alpha value is -2.34. The van der Waals surface area contributed by atoms with Gasteiger partial charge in [-0.3, -0.25) is 5.10 Å². The van der Waals surface area contributed by atoms with Crippen LogP contribution >= 0.6 is 15.9 Å². The molecule has 5 nitrogen and oxygen atoms in total. The summed E-state index contributed by atoms with van der Waals surface area (Å²) >= 11 is 3.50. The number of carbonyl (C=O) groups is 1. The van der Waals surface area contributed by atoms with Gasteiger partial charge in [0.2, 0.25) is 0 Å². The third-order valence-electron chi connectivity index (χ3n) is 3.34. The number of carbonyl (C=O) groups excluding carboxylic acids is 1. The Morgan fingerprint density at radius 2 is 2.09 bits per heavy atom. The first kappa shape index (κ1) is 14.6. The predicted octanol–water partition coefficient (Wildman–Crippen LogP) is 3.69. The molecule has 0 atom stereocenters. The van der Waals surface area contributed by atoms with Crippen LogP contribution in [-0.4, -0.2) is 22.8 Å². The van der Waals surface area contributed by atoms with Gasteiger partial charge in [-0.1, -0.05) is 34.1 Å². The van der Waals surface area contributed by atoms with Crippen molar-refractivity contribution in [3.05, 3.63) is 58.7 Å². The molecule has 0 unspecified atom stereocenters. The SMILES string of the molecule is O=C(NCCc1ccccc1Br)Nc1ccc2cn[nH]c2c1. The summed E-state index contributed by atoms with van der Waals surface area (Å²) in [6.07, 6.45) is 2.52. The highest BCUT2D eigenvalue weighted by Gasteiger charge is 2.04. The minimum absolute atomic E-state index is 0.217. The second-order valence-electron chi connectivity index (χ2n) is 4.89. The lowest BCUT2D eigenvalue weighted by Crippen LogP contribution is -2.30. The number of fused-ring (bicyclic) bond motifs is 1. The van der Waals surface area contributed by atoms with E-state index in [-0.39, 0.29) is 6.03 Å².